The third kappa shape index (κ3) is 3.72. The van der Waals surface area contributed by atoms with Crippen LogP contribution in [0.1, 0.15) is 22.6 Å². The van der Waals surface area contributed by atoms with E-state index in [2.05, 4.69) is 47.3 Å². The molecule has 5 rings (SSSR count). The van der Waals surface area contributed by atoms with E-state index < -0.39 is 0 Å². The van der Waals surface area contributed by atoms with Crippen LogP contribution in [0.2, 0.25) is 5.02 Å². The number of benzene rings is 3. The number of hydrogen-bond donors (Lipinski definition) is 2. The fraction of sp³-hybridized carbons (Fsp3) is 0.160. The van der Waals surface area contributed by atoms with E-state index in [0.29, 0.717) is 21.5 Å². The number of nitrogens with zero attached hydrogens (tertiary/aromatic N) is 1. The number of nitrogens with one attached hydrogen (secondary N) is 1. The summed E-state index contributed by atoms with van der Waals surface area (Å²) < 4.78 is 0. The molecule has 0 fully saturated rings. The zero-order chi connectivity index (χ0) is 20.8. The van der Waals surface area contributed by atoms with Crippen LogP contribution in [0.3, 0.4) is 0 Å². The SMILES string of the molecule is CN1Cc2ccccc2[C@@H](c2cccc(-c3c(O)c4ccc(Cl)cc4[nH]c3=O)c2)C1.O. The van der Waals surface area contributed by atoms with Crippen LogP contribution in [-0.2, 0) is 6.54 Å². The van der Waals surface area contributed by atoms with E-state index in [1.807, 2.05) is 18.2 Å². The molecule has 158 valence electrons. The lowest BCUT2D eigenvalue weighted by Gasteiger charge is -2.32. The third-order valence-electron chi connectivity index (χ3n) is 5.89. The molecule has 6 heteroatoms. The van der Waals surface area contributed by atoms with Gasteiger partial charge in [-0.3, -0.25) is 4.79 Å². The summed E-state index contributed by atoms with van der Waals surface area (Å²) in [5.74, 6) is 0.184. The second kappa shape index (κ2) is 8.19. The van der Waals surface area contributed by atoms with Crippen LogP contribution in [0.5, 0.6) is 5.75 Å². The molecule has 3 aromatic carbocycles. The third-order valence-corrected chi connectivity index (χ3v) is 6.13. The minimum absolute atomic E-state index is 0. The Morgan fingerprint density at radius 3 is 2.71 bits per heavy atom. The fourth-order valence-electron chi connectivity index (χ4n) is 4.50. The van der Waals surface area contributed by atoms with Crippen LogP contribution in [0.15, 0.2) is 71.5 Å². The predicted octanol–water partition coefficient (Wildman–Crippen LogP) is 4.31. The molecule has 2 heterocycles. The quantitative estimate of drug-likeness (QED) is 0.492. The Morgan fingerprint density at radius 2 is 1.87 bits per heavy atom. The Kier molecular flexibility index (Phi) is 5.58. The summed E-state index contributed by atoms with van der Waals surface area (Å²) in [6.45, 7) is 1.83. The first-order valence-corrected chi connectivity index (χ1v) is 10.3. The average Bonchev–Trinajstić information content (AvgIpc) is 2.73. The highest BCUT2D eigenvalue weighted by Gasteiger charge is 2.25. The summed E-state index contributed by atoms with van der Waals surface area (Å²) in [6, 6.07) is 21.5. The van der Waals surface area contributed by atoms with Crippen molar-refractivity contribution < 1.29 is 10.6 Å². The number of rotatable bonds is 2. The number of H-pyrrole nitrogens is 1. The van der Waals surface area contributed by atoms with Gasteiger partial charge in [0.25, 0.3) is 5.56 Å². The number of aromatic hydroxyl groups is 1. The van der Waals surface area contributed by atoms with Gasteiger partial charge >= 0.3 is 0 Å². The minimum atomic E-state index is -0.333. The molecule has 0 saturated heterocycles. The van der Waals surface area contributed by atoms with E-state index in [-0.39, 0.29) is 28.3 Å². The number of likely N-dealkylation sites (N-methyl/N-ethyl adjacent to an activating group) is 1. The normalized spacial score (nSPS) is 16.0. The number of hydrogen-bond acceptors (Lipinski definition) is 3. The summed E-state index contributed by atoms with van der Waals surface area (Å²) in [4.78, 5) is 18.0. The molecule has 31 heavy (non-hydrogen) atoms. The molecular formula is C25H23ClN2O3. The van der Waals surface area contributed by atoms with Crippen molar-refractivity contribution in [1.82, 2.24) is 9.88 Å². The summed E-state index contributed by atoms with van der Waals surface area (Å²) in [5, 5.41) is 12.0. The van der Waals surface area contributed by atoms with Crippen molar-refractivity contribution in [3.63, 3.8) is 0 Å². The van der Waals surface area contributed by atoms with Gasteiger partial charge in [-0.05, 0) is 47.5 Å². The van der Waals surface area contributed by atoms with Gasteiger partial charge < -0.3 is 20.5 Å². The molecule has 1 aromatic heterocycles. The molecule has 1 atom stereocenters. The number of aromatic amines is 1. The Labute approximate surface area is 184 Å². The molecule has 0 saturated carbocycles. The summed E-state index contributed by atoms with van der Waals surface area (Å²) in [7, 11) is 2.12. The molecule has 0 spiro atoms. The van der Waals surface area contributed by atoms with Crippen LogP contribution >= 0.6 is 11.6 Å². The lowest BCUT2D eigenvalue weighted by molar-refractivity contribution is 0.295. The fourth-order valence-corrected chi connectivity index (χ4v) is 4.67. The van der Waals surface area contributed by atoms with Crippen molar-refractivity contribution in [1.29, 1.82) is 0 Å². The van der Waals surface area contributed by atoms with Gasteiger partial charge in [-0.25, -0.2) is 0 Å². The van der Waals surface area contributed by atoms with Gasteiger partial charge in [0, 0.05) is 29.4 Å². The predicted molar refractivity (Wildman–Crippen MR) is 125 cm³/mol. The first-order chi connectivity index (χ1) is 14.5. The van der Waals surface area contributed by atoms with E-state index in [1.54, 1.807) is 18.2 Å². The standard InChI is InChI=1S/C25H21ClN2O2.H2O/c1-28-13-17-5-2-3-8-19(17)21(14-28)15-6-4-7-16(11-15)23-24(29)20-10-9-18(26)12-22(20)27-25(23)30;/h2-12,21H,13-14H2,1H3,(H2,27,29,30);1H2/t21-;/m1./s1. The molecule has 5 nitrogen and oxygen atoms in total. The lowest BCUT2D eigenvalue weighted by Crippen LogP contribution is -2.30. The second-order valence-corrected chi connectivity index (χ2v) is 8.38. The smallest absolute Gasteiger partial charge is 0.260 e. The molecule has 0 bridgehead atoms. The van der Waals surface area contributed by atoms with Gasteiger partial charge in [-0.1, -0.05) is 60.1 Å². The summed E-state index contributed by atoms with van der Waals surface area (Å²) >= 11 is 6.03. The molecule has 0 radical (unpaired) electrons. The minimum Gasteiger partial charge on any atom is -0.506 e. The van der Waals surface area contributed by atoms with Crippen molar-refractivity contribution in [2.75, 3.05) is 13.6 Å². The van der Waals surface area contributed by atoms with Gasteiger partial charge in [0.1, 0.15) is 5.75 Å². The maximum atomic E-state index is 12.8. The largest absolute Gasteiger partial charge is 0.506 e. The van der Waals surface area contributed by atoms with Crippen molar-refractivity contribution >= 4 is 22.5 Å². The van der Waals surface area contributed by atoms with Gasteiger partial charge in [0.15, 0.2) is 0 Å². The average molecular weight is 435 g/mol. The summed E-state index contributed by atoms with van der Waals surface area (Å²) in [6.07, 6.45) is 0. The maximum Gasteiger partial charge on any atom is 0.260 e. The van der Waals surface area contributed by atoms with Gasteiger partial charge in [0.05, 0.1) is 11.1 Å². The molecule has 0 unspecified atom stereocenters. The highest BCUT2D eigenvalue weighted by Crippen LogP contribution is 2.37. The molecule has 4 aromatic rings. The highest BCUT2D eigenvalue weighted by atomic mass is 35.5. The number of fused-ring (bicyclic) bond motifs is 2. The first kappa shape index (κ1) is 21.1. The van der Waals surface area contributed by atoms with E-state index in [1.165, 1.54) is 11.1 Å². The van der Waals surface area contributed by atoms with Gasteiger partial charge in [-0.2, -0.15) is 0 Å². The van der Waals surface area contributed by atoms with E-state index in [0.717, 1.165) is 18.7 Å². The molecule has 4 N–H and O–H groups in total. The number of aromatic nitrogens is 1. The molecule has 0 amide bonds. The molecule has 1 aliphatic rings. The van der Waals surface area contributed by atoms with Crippen LogP contribution in [0, 0.1) is 0 Å². The van der Waals surface area contributed by atoms with Crippen molar-refractivity contribution in [3.8, 4) is 16.9 Å². The van der Waals surface area contributed by atoms with E-state index in [4.69, 9.17) is 11.6 Å². The van der Waals surface area contributed by atoms with Crippen LogP contribution in [-0.4, -0.2) is 34.1 Å². The van der Waals surface area contributed by atoms with Crippen LogP contribution in [0.25, 0.3) is 22.0 Å². The van der Waals surface area contributed by atoms with Crippen molar-refractivity contribution in [2.24, 2.45) is 0 Å². The summed E-state index contributed by atoms with van der Waals surface area (Å²) in [5.41, 5.74) is 4.94. The molecule has 0 aliphatic carbocycles. The zero-order valence-electron chi connectivity index (χ0n) is 17.0. The van der Waals surface area contributed by atoms with Crippen molar-refractivity contribution in [2.45, 2.75) is 12.5 Å². The highest BCUT2D eigenvalue weighted by molar-refractivity contribution is 6.31. The van der Waals surface area contributed by atoms with Gasteiger partial charge in [-0.15, -0.1) is 0 Å². The Morgan fingerprint density at radius 1 is 1.06 bits per heavy atom. The Balaban J connectivity index is 0.00000231. The van der Waals surface area contributed by atoms with E-state index in [9.17, 15) is 9.90 Å². The molecule has 1 aliphatic heterocycles. The Hall–Kier alpha value is -3.12. The van der Waals surface area contributed by atoms with Gasteiger partial charge in [0.2, 0.25) is 0 Å². The Bertz CT molecular complexity index is 1330. The lowest BCUT2D eigenvalue weighted by atomic mass is 9.84. The second-order valence-electron chi connectivity index (χ2n) is 7.94. The van der Waals surface area contributed by atoms with Crippen LogP contribution in [0.4, 0.5) is 0 Å². The van der Waals surface area contributed by atoms with Crippen molar-refractivity contribution in [3.05, 3.63) is 98.8 Å². The first-order valence-electron chi connectivity index (χ1n) is 9.92. The maximum absolute atomic E-state index is 12.8. The number of halogens is 1. The molecular weight excluding hydrogens is 412 g/mol. The number of pyridine rings is 1. The monoisotopic (exact) mass is 434 g/mol. The topological polar surface area (TPSA) is 87.8 Å². The van der Waals surface area contributed by atoms with Crippen LogP contribution < -0.4 is 5.56 Å². The van der Waals surface area contributed by atoms with E-state index >= 15 is 0 Å². The zero-order valence-corrected chi connectivity index (χ0v) is 17.8.